The van der Waals surface area contributed by atoms with Crippen LogP contribution in [0.2, 0.25) is 0 Å². The maximum absolute atomic E-state index is 14.7. The molecule has 230 valence electrons. The molecule has 11 heteroatoms. The minimum atomic E-state index is -0.841. The summed E-state index contributed by atoms with van der Waals surface area (Å²) in [5, 5.41) is 18.7. The molecule has 0 aliphatic carbocycles. The molecule has 3 amide bonds. The van der Waals surface area contributed by atoms with Crippen LogP contribution in [0.15, 0.2) is 79.9 Å². The van der Waals surface area contributed by atoms with Gasteiger partial charge in [-0.2, -0.15) is 0 Å². The minimum Gasteiger partial charge on any atom is -0.394 e. The van der Waals surface area contributed by atoms with Gasteiger partial charge in [0.15, 0.2) is 0 Å². The average Bonchev–Trinajstić information content (AvgIpc) is 3.79. The normalized spacial score (nSPS) is 26.0. The maximum Gasteiger partial charge on any atom is 0.248 e. The molecule has 1 N–H and O–H groups in total. The van der Waals surface area contributed by atoms with E-state index in [0.717, 1.165) is 23.0 Å². The van der Waals surface area contributed by atoms with E-state index in [1.807, 2.05) is 54.6 Å². The van der Waals surface area contributed by atoms with Crippen LogP contribution in [0.25, 0.3) is 11.0 Å². The minimum absolute atomic E-state index is 0.0754. The van der Waals surface area contributed by atoms with Crippen molar-refractivity contribution in [1.29, 1.82) is 0 Å². The van der Waals surface area contributed by atoms with E-state index >= 15 is 0 Å². The highest BCUT2D eigenvalue weighted by Gasteiger charge is 2.74. The molecular formula is C33H38N6O4S. The number of benzene rings is 2. The number of carbonyl (C=O) groups excluding carboxylic acids is 3. The van der Waals surface area contributed by atoms with Gasteiger partial charge in [0.25, 0.3) is 0 Å². The van der Waals surface area contributed by atoms with Crippen molar-refractivity contribution in [2.75, 3.05) is 19.7 Å². The van der Waals surface area contributed by atoms with E-state index in [1.165, 1.54) is 0 Å². The van der Waals surface area contributed by atoms with Crippen LogP contribution in [-0.4, -0.2) is 94.3 Å². The first-order valence-electron chi connectivity index (χ1n) is 15.1. The van der Waals surface area contributed by atoms with E-state index < -0.39 is 28.7 Å². The molecular weight excluding hydrogens is 576 g/mol. The van der Waals surface area contributed by atoms with Crippen LogP contribution in [-0.2, 0) is 27.6 Å². The summed E-state index contributed by atoms with van der Waals surface area (Å²) in [4.78, 5) is 48.4. The molecule has 3 fully saturated rings. The maximum atomic E-state index is 14.7. The first kappa shape index (κ1) is 30.1. The Bertz CT molecular complexity index is 1580. The molecule has 6 atom stereocenters. The molecule has 1 spiro atoms. The number of aromatic nitrogens is 3. The Labute approximate surface area is 261 Å². The Balaban J connectivity index is 1.35. The van der Waals surface area contributed by atoms with Crippen molar-refractivity contribution in [3.05, 3.63) is 85.5 Å². The summed E-state index contributed by atoms with van der Waals surface area (Å²) < 4.78 is 0.893. The van der Waals surface area contributed by atoms with E-state index in [2.05, 4.69) is 23.5 Å². The fourth-order valence-corrected chi connectivity index (χ4v) is 9.54. The number of para-hydroxylation sites is 1. The molecule has 0 radical (unpaired) electrons. The molecule has 3 aliphatic heterocycles. The van der Waals surface area contributed by atoms with Crippen LogP contribution in [0.3, 0.4) is 0 Å². The molecule has 10 nitrogen and oxygen atoms in total. The molecule has 3 aromatic rings. The molecule has 2 aromatic carbocycles. The summed E-state index contributed by atoms with van der Waals surface area (Å²) >= 11 is 1.62. The van der Waals surface area contributed by atoms with E-state index in [4.69, 9.17) is 0 Å². The summed E-state index contributed by atoms with van der Waals surface area (Å²) in [7, 11) is 0. The Morgan fingerprint density at radius 3 is 2.52 bits per heavy atom. The lowest BCUT2D eigenvalue weighted by molar-refractivity contribution is -0.147. The van der Waals surface area contributed by atoms with Crippen molar-refractivity contribution in [3.8, 4) is 0 Å². The summed E-state index contributed by atoms with van der Waals surface area (Å²) in [6, 6.07) is 15.9. The third kappa shape index (κ3) is 4.92. The monoisotopic (exact) mass is 614 g/mol. The molecule has 2 bridgehead atoms. The molecule has 0 saturated carbocycles. The fourth-order valence-electron chi connectivity index (χ4n) is 7.35. The van der Waals surface area contributed by atoms with Gasteiger partial charge >= 0.3 is 0 Å². The Morgan fingerprint density at radius 1 is 1.09 bits per heavy atom. The lowest BCUT2D eigenvalue weighted by atomic mass is 9.70. The fraction of sp³-hybridized carbons (Fsp3) is 0.424. The van der Waals surface area contributed by atoms with Gasteiger partial charge in [-0.25, -0.2) is 4.68 Å². The van der Waals surface area contributed by atoms with Crippen molar-refractivity contribution in [2.45, 2.75) is 55.1 Å². The zero-order valence-corrected chi connectivity index (χ0v) is 25.7. The van der Waals surface area contributed by atoms with Crippen LogP contribution in [0.1, 0.15) is 25.3 Å². The van der Waals surface area contributed by atoms with Gasteiger partial charge in [0.2, 0.25) is 17.7 Å². The molecule has 1 aromatic heterocycles. The van der Waals surface area contributed by atoms with Gasteiger partial charge in [-0.1, -0.05) is 59.8 Å². The van der Waals surface area contributed by atoms with Crippen molar-refractivity contribution in [3.63, 3.8) is 0 Å². The number of carbonyl (C=O) groups is 3. The van der Waals surface area contributed by atoms with Crippen molar-refractivity contribution in [1.82, 2.24) is 29.7 Å². The predicted octanol–water partition coefficient (Wildman–Crippen LogP) is 3.09. The van der Waals surface area contributed by atoms with Crippen molar-refractivity contribution in [2.24, 2.45) is 11.8 Å². The quantitative estimate of drug-likeness (QED) is 0.312. The number of hydrogen-bond donors (Lipinski definition) is 1. The van der Waals surface area contributed by atoms with Gasteiger partial charge in [-0.15, -0.1) is 30.0 Å². The summed E-state index contributed by atoms with van der Waals surface area (Å²) in [5.41, 5.74) is 2.50. The third-order valence-electron chi connectivity index (χ3n) is 9.26. The number of hydrogen-bond acceptors (Lipinski definition) is 7. The predicted molar refractivity (Wildman–Crippen MR) is 169 cm³/mol. The first-order valence-corrected chi connectivity index (χ1v) is 15.9. The number of amides is 3. The largest absolute Gasteiger partial charge is 0.394 e. The SMILES string of the molecule is C=CCN(Cn1nnc2ccccc21)C(=O)C1N([C@H](C)CO)C(=O)[C@@H]2[C@@H](C(=O)N(CC=C)Cc3ccccc3)[C@H]3CCC12S3. The van der Waals surface area contributed by atoms with Gasteiger partial charge in [0.05, 0.1) is 34.7 Å². The molecule has 2 unspecified atom stereocenters. The lowest BCUT2D eigenvalue weighted by Crippen LogP contribution is -2.57. The Morgan fingerprint density at radius 2 is 1.80 bits per heavy atom. The summed E-state index contributed by atoms with van der Waals surface area (Å²) in [6.45, 7) is 10.3. The first-order chi connectivity index (χ1) is 21.3. The number of aliphatic hydroxyl groups is 1. The van der Waals surface area contributed by atoms with Crippen molar-refractivity contribution < 1.29 is 19.5 Å². The van der Waals surface area contributed by atoms with E-state index in [-0.39, 0.29) is 42.8 Å². The topological polar surface area (TPSA) is 112 Å². The van der Waals surface area contributed by atoms with Gasteiger partial charge in [0, 0.05) is 24.9 Å². The number of thioether (sulfide) groups is 1. The van der Waals surface area contributed by atoms with Crippen LogP contribution in [0.4, 0.5) is 0 Å². The highest BCUT2D eigenvalue weighted by atomic mass is 32.2. The van der Waals surface area contributed by atoms with Gasteiger partial charge in [0.1, 0.15) is 18.2 Å². The summed E-state index contributed by atoms with van der Waals surface area (Å²) in [6.07, 6.45) is 4.74. The lowest BCUT2D eigenvalue weighted by Gasteiger charge is -2.39. The second kappa shape index (κ2) is 12.2. The van der Waals surface area contributed by atoms with Crippen molar-refractivity contribution >= 4 is 40.5 Å². The molecule has 3 saturated heterocycles. The number of aliphatic hydroxyl groups excluding tert-OH is 1. The van der Waals surface area contributed by atoms with Gasteiger partial charge < -0.3 is 19.8 Å². The van der Waals surface area contributed by atoms with Gasteiger partial charge in [-0.05, 0) is 37.5 Å². The zero-order valence-electron chi connectivity index (χ0n) is 24.9. The molecule has 4 heterocycles. The average molecular weight is 615 g/mol. The smallest absolute Gasteiger partial charge is 0.248 e. The number of likely N-dealkylation sites (tertiary alicyclic amines) is 1. The van der Waals surface area contributed by atoms with E-state index in [0.29, 0.717) is 19.5 Å². The van der Waals surface area contributed by atoms with Crippen LogP contribution in [0.5, 0.6) is 0 Å². The molecule has 44 heavy (non-hydrogen) atoms. The third-order valence-corrected chi connectivity index (χ3v) is 11.2. The number of fused-ring (bicyclic) bond motifs is 2. The second-order valence-corrected chi connectivity index (χ2v) is 13.5. The van der Waals surface area contributed by atoms with Gasteiger partial charge in [-0.3, -0.25) is 14.4 Å². The van der Waals surface area contributed by atoms with Crippen LogP contribution < -0.4 is 0 Å². The second-order valence-electron chi connectivity index (χ2n) is 11.9. The zero-order chi connectivity index (χ0) is 31.0. The molecule has 3 aliphatic rings. The van der Waals surface area contributed by atoms with Crippen LogP contribution >= 0.6 is 11.8 Å². The number of rotatable bonds is 12. The van der Waals surface area contributed by atoms with E-state index in [9.17, 15) is 19.5 Å². The van der Waals surface area contributed by atoms with E-state index in [1.54, 1.807) is 50.2 Å². The highest BCUT2D eigenvalue weighted by Crippen LogP contribution is 2.67. The Kier molecular flexibility index (Phi) is 8.34. The molecule has 6 rings (SSSR count). The van der Waals surface area contributed by atoms with Crippen LogP contribution in [0, 0.1) is 11.8 Å². The number of nitrogens with zero attached hydrogens (tertiary/aromatic N) is 6. The standard InChI is InChI=1S/C33H38N6O4S/c1-4-17-36(19-23-11-7-6-8-12-23)30(41)27-26-15-16-33(44-26)28(27)31(42)39(22(3)20-40)29(33)32(43)37(18-5-2)21-38-25-14-10-9-13-24(25)34-35-38/h4-14,22,26-29,40H,1-2,15-21H2,3H3/t22-,26-,27+,28+,29?,33?/m1/s1. The summed E-state index contributed by atoms with van der Waals surface area (Å²) in [5.74, 6) is -1.80. The highest BCUT2D eigenvalue weighted by molar-refractivity contribution is 8.02. The Hall–Kier alpha value is -3.96.